The molecule has 2 amide bonds. The molecule has 1 aliphatic rings. The normalized spacial score (nSPS) is 16.4. The minimum absolute atomic E-state index is 0.364. The molecule has 0 bridgehead atoms. The summed E-state index contributed by atoms with van der Waals surface area (Å²) in [6.45, 7) is 0. The summed E-state index contributed by atoms with van der Waals surface area (Å²) in [5.74, 6) is -1.03. The Labute approximate surface area is 108 Å². The first-order valence-corrected chi connectivity index (χ1v) is 5.78. The van der Waals surface area contributed by atoms with Crippen LogP contribution in [0.25, 0.3) is 0 Å². The van der Waals surface area contributed by atoms with Crippen LogP contribution in [0.5, 0.6) is 0 Å². The van der Waals surface area contributed by atoms with Gasteiger partial charge >= 0.3 is 0 Å². The van der Waals surface area contributed by atoms with Crippen molar-refractivity contribution in [1.82, 2.24) is 0 Å². The molecule has 1 aliphatic carbocycles. The molecular weight excluding hydrogens is 263 g/mol. The van der Waals surface area contributed by atoms with Crippen LogP contribution in [0.3, 0.4) is 0 Å². The van der Waals surface area contributed by atoms with Crippen LogP contribution in [0.2, 0.25) is 10.0 Å². The van der Waals surface area contributed by atoms with E-state index in [9.17, 15) is 9.59 Å². The molecule has 0 aromatic heterocycles. The van der Waals surface area contributed by atoms with E-state index in [2.05, 4.69) is 5.32 Å². The lowest BCUT2D eigenvalue weighted by Gasteiger charge is -2.12. The maximum absolute atomic E-state index is 11.9. The first-order chi connectivity index (χ1) is 7.95. The topological polar surface area (TPSA) is 72.2 Å². The standard InChI is InChI=1S/C11H10Cl2N2O2/c12-6-1-2-7(13)8(5-6)15-10(17)11(3-4-11)9(14)16/h1-2,5H,3-4H2,(H2,14,16)(H,15,17). The van der Waals surface area contributed by atoms with Crippen LogP contribution in [0, 0.1) is 5.41 Å². The highest BCUT2D eigenvalue weighted by Crippen LogP contribution is 2.46. The predicted molar refractivity (Wildman–Crippen MR) is 66.0 cm³/mol. The second kappa shape index (κ2) is 4.20. The highest BCUT2D eigenvalue weighted by atomic mass is 35.5. The molecule has 1 fully saturated rings. The number of rotatable bonds is 3. The molecule has 17 heavy (non-hydrogen) atoms. The van der Waals surface area contributed by atoms with Gasteiger partial charge in [-0.3, -0.25) is 9.59 Å². The number of halogens is 2. The number of benzene rings is 1. The third-order valence-corrected chi connectivity index (χ3v) is 3.40. The molecule has 1 aromatic carbocycles. The van der Waals surface area contributed by atoms with Gasteiger partial charge in [0, 0.05) is 5.02 Å². The lowest BCUT2D eigenvalue weighted by Crippen LogP contribution is -2.36. The van der Waals surface area contributed by atoms with Gasteiger partial charge in [-0.05, 0) is 31.0 Å². The number of carbonyl (C=O) groups excluding carboxylic acids is 2. The third-order valence-electron chi connectivity index (χ3n) is 2.83. The van der Waals surface area contributed by atoms with Gasteiger partial charge in [0.25, 0.3) is 0 Å². The number of amides is 2. The van der Waals surface area contributed by atoms with Crippen LogP contribution >= 0.6 is 23.2 Å². The average Bonchev–Trinajstić information content (AvgIpc) is 3.04. The Hall–Kier alpha value is -1.26. The van der Waals surface area contributed by atoms with Gasteiger partial charge in [0.15, 0.2) is 0 Å². The van der Waals surface area contributed by atoms with Crippen molar-refractivity contribution in [2.24, 2.45) is 11.1 Å². The van der Waals surface area contributed by atoms with Crippen molar-refractivity contribution in [2.45, 2.75) is 12.8 Å². The van der Waals surface area contributed by atoms with Gasteiger partial charge in [-0.1, -0.05) is 23.2 Å². The Bertz CT molecular complexity index is 498. The summed E-state index contributed by atoms with van der Waals surface area (Å²) in [7, 11) is 0. The van der Waals surface area contributed by atoms with Gasteiger partial charge < -0.3 is 11.1 Å². The number of hydrogen-bond acceptors (Lipinski definition) is 2. The summed E-state index contributed by atoms with van der Waals surface area (Å²) in [5, 5.41) is 3.40. The molecule has 0 spiro atoms. The van der Waals surface area contributed by atoms with Crippen LogP contribution in [0.4, 0.5) is 5.69 Å². The minimum Gasteiger partial charge on any atom is -0.369 e. The van der Waals surface area contributed by atoms with E-state index in [4.69, 9.17) is 28.9 Å². The van der Waals surface area contributed by atoms with Crippen LogP contribution in [0.15, 0.2) is 18.2 Å². The quantitative estimate of drug-likeness (QED) is 0.828. The zero-order valence-electron chi connectivity index (χ0n) is 8.80. The summed E-state index contributed by atoms with van der Waals surface area (Å²) < 4.78 is 0. The van der Waals surface area contributed by atoms with Crippen molar-refractivity contribution >= 4 is 40.7 Å². The molecular formula is C11H10Cl2N2O2. The SMILES string of the molecule is NC(=O)C1(C(=O)Nc2cc(Cl)ccc2Cl)CC1. The lowest BCUT2D eigenvalue weighted by molar-refractivity contribution is -0.132. The van der Waals surface area contributed by atoms with Crippen molar-refractivity contribution in [3.63, 3.8) is 0 Å². The molecule has 0 unspecified atom stereocenters. The van der Waals surface area contributed by atoms with Crippen molar-refractivity contribution in [1.29, 1.82) is 0 Å². The zero-order valence-corrected chi connectivity index (χ0v) is 10.3. The first-order valence-electron chi connectivity index (χ1n) is 5.02. The van der Waals surface area contributed by atoms with E-state index in [1.54, 1.807) is 12.1 Å². The third kappa shape index (κ3) is 2.23. The summed E-state index contributed by atoms with van der Waals surface area (Å²) in [5.41, 5.74) is 4.52. The van der Waals surface area contributed by atoms with Gasteiger partial charge in [0.1, 0.15) is 5.41 Å². The molecule has 0 aliphatic heterocycles. The van der Waals surface area contributed by atoms with Gasteiger partial charge in [-0.15, -0.1) is 0 Å². The van der Waals surface area contributed by atoms with Gasteiger partial charge in [-0.25, -0.2) is 0 Å². The number of nitrogens with two attached hydrogens (primary N) is 1. The van der Waals surface area contributed by atoms with Crippen LogP contribution < -0.4 is 11.1 Å². The van der Waals surface area contributed by atoms with E-state index in [-0.39, 0.29) is 0 Å². The van der Waals surface area contributed by atoms with Crippen molar-refractivity contribution in [2.75, 3.05) is 5.32 Å². The summed E-state index contributed by atoms with van der Waals surface area (Å²) in [6, 6.07) is 4.71. The fourth-order valence-electron chi connectivity index (χ4n) is 1.55. The average molecular weight is 273 g/mol. The summed E-state index contributed by atoms with van der Waals surface area (Å²) in [6.07, 6.45) is 0.957. The van der Waals surface area contributed by atoms with Gasteiger partial charge in [0.2, 0.25) is 11.8 Å². The molecule has 2 rings (SSSR count). The molecule has 0 radical (unpaired) electrons. The number of primary amides is 1. The highest BCUT2D eigenvalue weighted by molar-refractivity contribution is 6.36. The number of anilines is 1. The van der Waals surface area contributed by atoms with Crippen LogP contribution in [-0.4, -0.2) is 11.8 Å². The van der Waals surface area contributed by atoms with E-state index < -0.39 is 17.2 Å². The largest absolute Gasteiger partial charge is 0.369 e. The molecule has 0 saturated heterocycles. The molecule has 6 heteroatoms. The molecule has 0 atom stereocenters. The lowest BCUT2D eigenvalue weighted by atomic mass is 10.1. The predicted octanol–water partition coefficient (Wildman–Crippen LogP) is 2.20. The Morgan fingerprint density at radius 2 is 1.94 bits per heavy atom. The van der Waals surface area contributed by atoms with E-state index in [0.717, 1.165) is 0 Å². The summed E-state index contributed by atoms with van der Waals surface area (Å²) >= 11 is 11.7. The smallest absolute Gasteiger partial charge is 0.240 e. The number of carbonyl (C=O) groups is 2. The Morgan fingerprint density at radius 3 is 2.47 bits per heavy atom. The number of hydrogen-bond donors (Lipinski definition) is 2. The fraction of sp³-hybridized carbons (Fsp3) is 0.273. The van der Waals surface area contributed by atoms with Gasteiger partial charge in [0.05, 0.1) is 10.7 Å². The van der Waals surface area contributed by atoms with E-state index in [0.29, 0.717) is 28.6 Å². The first kappa shape index (κ1) is 12.2. The molecule has 0 heterocycles. The number of nitrogens with one attached hydrogen (secondary N) is 1. The van der Waals surface area contributed by atoms with Crippen molar-refractivity contribution < 1.29 is 9.59 Å². The van der Waals surface area contributed by atoms with E-state index in [1.165, 1.54) is 6.07 Å². The minimum atomic E-state index is -1.06. The van der Waals surface area contributed by atoms with Crippen LogP contribution in [-0.2, 0) is 9.59 Å². The van der Waals surface area contributed by atoms with E-state index >= 15 is 0 Å². The Balaban J connectivity index is 2.19. The maximum Gasteiger partial charge on any atom is 0.240 e. The zero-order chi connectivity index (χ0) is 12.6. The summed E-state index contributed by atoms with van der Waals surface area (Å²) in [4.78, 5) is 23.1. The Kier molecular flexibility index (Phi) is 3.02. The fourth-order valence-corrected chi connectivity index (χ4v) is 1.88. The monoisotopic (exact) mass is 272 g/mol. The maximum atomic E-state index is 11.9. The molecule has 90 valence electrons. The second-order valence-corrected chi connectivity index (χ2v) is 4.87. The van der Waals surface area contributed by atoms with Crippen LogP contribution in [0.1, 0.15) is 12.8 Å². The van der Waals surface area contributed by atoms with Crippen molar-refractivity contribution in [3.05, 3.63) is 28.2 Å². The van der Waals surface area contributed by atoms with Gasteiger partial charge in [-0.2, -0.15) is 0 Å². The molecule has 1 aromatic rings. The molecule has 4 nitrogen and oxygen atoms in total. The molecule has 1 saturated carbocycles. The molecule has 3 N–H and O–H groups in total. The van der Waals surface area contributed by atoms with E-state index in [1.807, 2.05) is 0 Å². The highest BCUT2D eigenvalue weighted by Gasteiger charge is 2.55. The van der Waals surface area contributed by atoms with Crippen molar-refractivity contribution in [3.8, 4) is 0 Å². The Morgan fingerprint density at radius 1 is 1.29 bits per heavy atom. The second-order valence-electron chi connectivity index (χ2n) is 4.02.